The van der Waals surface area contributed by atoms with E-state index in [0.29, 0.717) is 10.8 Å². The van der Waals surface area contributed by atoms with Crippen LogP contribution in [0.15, 0.2) is 17.2 Å². The van der Waals surface area contributed by atoms with Crippen molar-refractivity contribution >= 4 is 23.4 Å². The first-order valence-corrected chi connectivity index (χ1v) is 6.87. The monoisotopic (exact) mass is 282 g/mol. The van der Waals surface area contributed by atoms with Crippen LogP contribution in [0, 0.1) is 22.5 Å². The molecule has 1 saturated carbocycles. The zero-order valence-electron chi connectivity index (χ0n) is 10.5. The smallest absolute Gasteiger partial charge is 0.303 e. The number of carboxylic acid groups (broad SMARTS) is 1. The Morgan fingerprint density at radius 1 is 1.58 bits per heavy atom. The molecule has 0 radical (unpaired) electrons. The molecule has 0 atom stereocenters. The number of aromatic nitrogens is 1. The van der Waals surface area contributed by atoms with E-state index >= 15 is 0 Å². The minimum Gasteiger partial charge on any atom is -0.481 e. The van der Waals surface area contributed by atoms with Crippen molar-refractivity contribution in [1.29, 1.82) is 0 Å². The minimum absolute atomic E-state index is 0.0123. The van der Waals surface area contributed by atoms with Crippen molar-refractivity contribution in [3.05, 3.63) is 27.9 Å². The van der Waals surface area contributed by atoms with Gasteiger partial charge in [0, 0.05) is 17.5 Å². The average molecular weight is 282 g/mol. The molecule has 1 heterocycles. The summed E-state index contributed by atoms with van der Waals surface area (Å²) in [7, 11) is 0. The molecule has 1 aliphatic rings. The molecule has 1 aromatic heterocycles. The first-order chi connectivity index (χ1) is 8.92. The van der Waals surface area contributed by atoms with E-state index in [2.05, 4.69) is 4.98 Å². The van der Waals surface area contributed by atoms with Crippen molar-refractivity contribution in [2.24, 2.45) is 5.41 Å². The van der Waals surface area contributed by atoms with Gasteiger partial charge in [-0.15, -0.1) is 0 Å². The molecule has 0 bridgehead atoms. The van der Waals surface area contributed by atoms with Crippen LogP contribution in [-0.2, 0) is 4.79 Å². The van der Waals surface area contributed by atoms with E-state index in [0.717, 1.165) is 18.5 Å². The second kappa shape index (κ2) is 5.16. The highest BCUT2D eigenvalue weighted by molar-refractivity contribution is 7.99. The second-order valence-corrected chi connectivity index (χ2v) is 5.86. The Hall–Kier alpha value is -1.63. The number of hydrogen-bond donors (Lipinski definition) is 1. The zero-order chi connectivity index (χ0) is 14.0. The molecule has 19 heavy (non-hydrogen) atoms. The maximum absolute atomic E-state index is 10.9. The number of rotatable bonds is 6. The molecule has 2 rings (SSSR count). The molecule has 0 aliphatic heterocycles. The molecule has 1 fully saturated rings. The third-order valence-electron chi connectivity index (χ3n) is 3.17. The first kappa shape index (κ1) is 13.8. The maximum Gasteiger partial charge on any atom is 0.303 e. The van der Waals surface area contributed by atoms with Gasteiger partial charge in [-0.1, -0.05) is 11.8 Å². The van der Waals surface area contributed by atoms with Gasteiger partial charge in [0.1, 0.15) is 0 Å². The molecule has 102 valence electrons. The van der Waals surface area contributed by atoms with Gasteiger partial charge >= 0.3 is 11.7 Å². The Morgan fingerprint density at radius 2 is 2.26 bits per heavy atom. The molecular weight excluding hydrogens is 268 g/mol. The van der Waals surface area contributed by atoms with E-state index in [9.17, 15) is 14.9 Å². The number of aryl methyl sites for hydroxylation is 1. The highest BCUT2D eigenvalue weighted by Gasteiger charge is 2.44. The van der Waals surface area contributed by atoms with Crippen molar-refractivity contribution in [3.63, 3.8) is 0 Å². The first-order valence-electron chi connectivity index (χ1n) is 5.88. The molecule has 0 spiro atoms. The highest BCUT2D eigenvalue weighted by Crippen LogP contribution is 2.52. The summed E-state index contributed by atoms with van der Waals surface area (Å²) in [5.41, 5.74) is 0.508. The summed E-state index contributed by atoms with van der Waals surface area (Å²) in [6.45, 7) is 1.78. The summed E-state index contributed by atoms with van der Waals surface area (Å²) in [5, 5.41) is 20.1. The predicted octanol–water partition coefficient (Wildman–Crippen LogP) is 2.65. The number of carboxylic acids is 1. The normalized spacial score (nSPS) is 16.1. The standard InChI is InChI=1S/C12H14N2O4S/c1-8-2-3-9(14(17)18)11(13-8)19-7-12(4-5-12)6-10(15)16/h2-3H,4-7H2,1H3,(H,15,16). The fourth-order valence-electron chi connectivity index (χ4n) is 1.86. The summed E-state index contributed by atoms with van der Waals surface area (Å²) in [4.78, 5) is 25.4. The lowest BCUT2D eigenvalue weighted by Crippen LogP contribution is -2.11. The van der Waals surface area contributed by atoms with Crippen LogP contribution in [0.5, 0.6) is 0 Å². The highest BCUT2D eigenvalue weighted by atomic mass is 32.2. The lowest BCUT2D eigenvalue weighted by molar-refractivity contribution is -0.388. The maximum atomic E-state index is 10.9. The summed E-state index contributed by atoms with van der Waals surface area (Å²) >= 11 is 1.28. The molecule has 0 aromatic carbocycles. The molecule has 6 nitrogen and oxygen atoms in total. The van der Waals surface area contributed by atoms with Crippen LogP contribution in [0.4, 0.5) is 5.69 Å². The summed E-state index contributed by atoms with van der Waals surface area (Å²) in [6.07, 6.45) is 1.86. The number of thioether (sulfide) groups is 1. The summed E-state index contributed by atoms with van der Waals surface area (Å²) in [6, 6.07) is 3.05. The number of nitro groups is 1. The third kappa shape index (κ3) is 3.44. The van der Waals surface area contributed by atoms with E-state index < -0.39 is 10.9 Å². The third-order valence-corrected chi connectivity index (χ3v) is 4.51. The molecule has 0 amide bonds. The molecule has 1 N–H and O–H groups in total. The van der Waals surface area contributed by atoms with Gasteiger partial charge in [-0.3, -0.25) is 14.9 Å². The van der Waals surface area contributed by atoms with E-state index in [-0.39, 0.29) is 17.5 Å². The Bertz CT molecular complexity index is 528. The van der Waals surface area contributed by atoms with Crippen molar-refractivity contribution < 1.29 is 14.8 Å². The largest absolute Gasteiger partial charge is 0.481 e. The van der Waals surface area contributed by atoms with Crippen molar-refractivity contribution in [2.45, 2.75) is 31.2 Å². The molecular formula is C12H14N2O4S. The van der Waals surface area contributed by atoms with Crippen LogP contribution in [-0.4, -0.2) is 26.7 Å². The number of carbonyl (C=O) groups is 1. The lowest BCUT2D eigenvalue weighted by Gasteiger charge is -2.11. The van der Waals surface area contributed by atoms with Gasteiger partial charge in [0.05, 0.1) is 11.3 Å². The SMILES string of the molecule is Cc1ccc([N+](=O)[O-])c(SCC2(CC(=O)O)CC2)n1. The van der Waals surface area contributed by atoms with Crippen LogP contribution in [0.3, 0.4) is 0 Å². The van der Waals surface area contributed by atoms with Crippen LogP contribution in [0.1, 0.15) is 25.0 Å². The van der Waals surface area contributed by atoms with E-state index in [1.54, 1.807) is 13.0 Å². The average Bonchev–Trinajstić information content (AvgIpc) is 3.05. The summed E-state index contributed by atoms with van der Waals surface area (Å²) < 4.78 is 0. The topological polar surface area (TPSA) is 93.3 Å². The Morgan fingerprint density at radius 3 is 2.79 bits per heavy atom. The van der Waals surface area contributed by atoms with Crippen molar-refractivity contribution in [2.75, 3.05) is 5.75 Å². The van der Waals surface area contributed by atoms with Gasteiger partial charge < -0.3 is 5.11 Å². The molecule has 1 aromatic rings. The quantitative estimate of drug-likeness (QED) is 0.489. The molecule has 0 unspecified atom stereocenters. The van der Waals surface area contributed by atoms with Crippen LogP contribution in [0.2, 0.25) is 0 Å². The van der Waals surface area contributed by atoms with Crippen LogP contribution < -0.4 is 0 Å². The molecule has 1 aliphatic carbocycles. The Balaban J connectivity index is 2.09. The molecule has 7 heteroatoms. The molecule has 0 saturated heterocycles. The van der Waals surface area contributed by atoms with Gasteiger partial charge in [0.2, 0.25) is 0 Å². The fraction of sp³-hybridized carbons (Fsp3) is 0.500. The van der Waals surface area contributed by atoms with Gasteiger partial charge in [-0.05, 0) is 31.2 Å². The fourth-order valence-corrected chi connectivity index (χ4v) is 3.19. The van der Waals surface area contributed by atoms with Gasteiger partial charge in [-0.2, -0.15) is 0 Å². The number of pyridine rings is 1. The number of aliphatic carboxylic acids is 1. The van der Waals surface area contributed by atoms with Crippen LogP contribution >= 0.6 is 11.8 Å². The van der Waals surface area contributed by atoms with Gasteiger partial charge in [0.25, 0.3) is 0 Å². The second-order valence-electron chi connectivity index (χ2n) is 4.89. The van der Waals surface area contributed by atoms with E-state index in [1.807, 2.05) is 0 Å². The lowest BCUT2D eigenvalue weighted by atomic mass is 10.1. The van der Waals surface area contributed by atoms with Crippen LogP contribution in [0.25, 0.3) is 0 Å². The van der Waals surface area contributed by atoms with Crippen molar-refractivity contribution in [1.82, 2.24) is 4.98 Å². The van der Waals surface area contributed by atoms with E-state index in [4.69, 9.17) is 5.11 Å². The Kier molecular flexibility index (Phi) is 3.75. The number of hydrogen-bond acceptors (Lipinski definition) is 5. The van der Waals surface area contributed by atoms with E-state index in [1.165, 1.54) is 17.8 Å². The zero-order valence-corrected chi connectivity index (χ0v) is 11.3. The Labute approximate surface area is 114 Å². The van der Waals surface area contributed by atoms with Gasteiger partial charge in [0.15, 0.2) is 5.03 Å². The number of nitrogens with zero attached hydrogens (tertiary/aromatic N) is 2. The predicted molar refractivity (Wildman–Crippen MR) is 70.3 cm³/mol. The minimum atomic E-state index is -0.815. The van der Waals surface area contributed by atoms with Gasteiger partial charge in [-0.25, -0.2) is 4.98 Å². The summed E-state index contributed by atoms with van der Waals surface area (Å²) in [5.74, 6) is -0.249. The van der Waals surface area contributed by atoms with Crippen molar-refractivity contribution in [3.8, 4) is 0 Å².